The molecule has 4 heteroatoms. The Kier molecular flexibility index (Phi) is 6.72. The molecule has 118 valence electrons. The fourth-order valence-electron chi connectivity index (χ4n) is 1.79. The second-order valence-corrected chi connectivity index (χ2v) is 8.49. The van der Waals surface area contributed by atoms with Crippen molar-refractivity contribution < 1.29 is 5.48 Å². The third-order valence-corrected chi connectivity index (χ3v) is 4.79. The van der Waals surface area contributed by atoms with Crippen molar-refractivity contribution in [1.82, 2.24) is 0 Å². The summed E-state index contributed by atoms with van der Waals surface area (Å²) in [4.78, 5) is 1.29. The van der Waals surface area contributed by atoms with Crippen LogP contribution in [0.5, 0.6) is 0 Å². The minimum Gasteiger partial charge on any atom is -0.412 e. The summed E-state index contributed by atoms with van der Waals surface area (Å²) in [5.41, 5.74) is 4.72. The maximum atomic E-state index is 4.43. The highest BCUT2D eigenvalue weighted by atomic mass is 32.2. The number of benzene rings is 1. The molecule has 1 aliphatic heterocycles. The van der Waals surface area contributed by atoms with Crippen molar-refractivity contribution in [1.29, 1.82) is 0 Å². The molecule has 0 spiro atoms. The van der Waals surface area contributed by atoms with Crippen molar-refractivity contribution in [2.45, 2.75) is 32.4 Å². The van der Waals surface area contributed by atoms with E-state index in [1.807, 2.05) is 6.21 Å². The Morgan fingerprint density at radius 3 is 2.41 bits per heavy atom. The highest BCUT2D eigenvalue weighted by Crippen LogP contribution is 2.38. The van der Waals surface area contributed by atoms with Crippen molar-refractivity contribution in [2.75, 3.05) is 0 Å². The van der Waals surface area contributed by atoms with Crippen molar-refractivity contribution >= 4 is 34.8 Å². The molecular weight excluding hydrogens is 310 g/mol. The Morgan fingerprint density at radius 2 is 1.82 bits per heavy atom. The summed E-state index contributed by atoms with van der Waals surface area (Å²) in [5, 5.41) is 2.10. The number of rotatable bonds is 3. The summed E-state index contributed by atoms with van der Waals surface area (Å²) < 4.78 is 4.59. The quantitative estimate of drug-likeness (QED) is 0.558. The van der Waals surface area contributed by atoms with E-state index in [-0.39, 0.29) is 10.2 Å². The third-order valence-electron chi connectivity index (χ3n) is 2.98. The van der Waals surface area contributed by atoms with Crippen molar-refractivity contribution in [3.8, 4) is 0 Å². The Bertz CT molecular complexity index is 619. The number of thioether (sulfide) groups is 1. The molecule has 0 saturated carbocycles. The predicted molar refractivity (Wildman–Crippen MR) is 103 cm³/mol. The molecule has 0 aliphatic carbocycles. The summed E-state index contributed by atoms with van der Waals surface area (Å²) in [6, 6.07) is 8.54. The molecule has 0 radical (unpaired) electrons. The van der Waals surface area contributed by atoms with Crippen LogP contribution in [0.3, 0.4) is 0 Å². The van der Waals surface area contributed by atoms with E-state index in [9.17, 15) is 0 Å². The highest BCUT2D eigenvalue weighted by molar-refractivity contribution is 8.11. The lowest BCUT2D eigenvalue weighted by Gasteiger charge is -2.15. The van der Waals surface area contributed by atoms with Gasteiger partial charge in [-0.25, -0.2) is 4.40 Å². The van der Waals surface area contributed by atoms with E-state index in [0.29, 0.717) is 0 Å². The Morgan fingerprint density at radius 1 is 1.18 bits per heavy atom. The van der Waals surface area contributed by atoms with Crippen LogP contribution < -0.4 is 0 Å². The Balaban J connectivity index is 0.00000242. The van der Waals surface area contributed by atoms with Gasteiger partial charge in [0.15, 0.2) is 0 Å². The van der Waals surface area contributed by atoms with Gasteiger partial charge < -0.3 is 5.48 Å². The van der Waals surface area contributed by atoms with Gasteiger partial charge >= 0.3 is 0 Å². The van der Waals surface area contributed by atoms with Crippen molar-refractivity contribution in [2.24, 2.45) is 4.40 Å². The van der Waals surface area contributed by atoms with Gasteiger partial charge in [0, 0.05) is 15.9 Å². The summed E-state index contributed by atoms with van der Waals surface area (Å²) in [6.07, 6.45) is 3.99. The number of nitrogens with zero attached hydrogens (tertiary/aromatic N) is 1. The average molecular weight is 334 g/mol. The van der Waals surface area contributed by atoms with Crippen LogP contribution in [0.4, 0.5) is 0 Å². The minimum atomic E-state index is 0. The molecule has 1 heterocycles. The minimum absolute atomic E-state index is 0. The molecule has 0 unspecified atom stereocenters. The molecule has 1 aromatic rings. The Hall–Kier alpha value is -1.23. The van der Waals surface area contributed by atoms with Gasteiger partial charge in [0.1, 0.15) is 0 Å². The second kappa shape index (κ2) is 7.86. The maximum Gasteiger partial charge on any atom is 0.0424 e. The largest absolute Gasteiger partial charge is 0.412 e. The first-order chi connectivity index (χ1) is 9.87. The van der Waals surface area contributed by atoms with E-state index in [0.717, 1.165) is 11.1 Å². The van der Waals surface area contributed by atoms with E-state index in [1.165, 1.54) is 16.0 Å². The fourth-order valence-corrected chi connectivity index (χ4v) is 3.23. The standard InChI is InChI=1S/C18H21NS2.H2O/c1-13-10-11-20-17(14(13)2)16-8-6-15(7-9-16)12-19-21-18(3,4)5;/h6-12H,1H2,2-5H3;1H2/b19-12+;. The lowest BCUT2D eigenvalue weighted by atomic mass is 10.0. The van der Waals surface area contributed by atoms with Crippen molar-refractivity contribution in [3.63, 3.8) is 0 Å². The third kappa shape index (κ3) is 5.20. The van der Waals surface area contributed by atoms with E-state index < -0.39 is 0 Å². The summed E-state index contributed by atoms with van der Waals surface area (Å²) in [7, 11) is 0. The SMILES string of the molecule is C=C1C=CSC(c2ccc(/C=N/SC(C)(C)C)cc2)=C1C.O. The van der Waals surface area contributed by atoms with Crippen LogP contribution in [0.15, 0.2) is 57.9 Å². The molecule has 0 bridgehead atoms. The van der Waals surface area contributed by atoms with E-state index >= 15 is 0 Å². The molecule has 2 rings (SSSR count). The second-order valence-electron chi connectivity index (χ2n) is 5.96. The van der Waals surface area contributed by atoms with Crippen molar-refractivity contribution in [3.05, 3.63) is 64.6 Å². The van der Waals surface area contributed by atoms with Gasteiger partial charge in [-0.1, -0.05) is 42.6 Å². The summed E-state index contributed by atoms with van der Waals surface area (Å²) >= 11 is 3.35. The Labute approximate surface area is 141 Å². The van der Waals surface area contributed by atoms with Crippen LogP contribution >= 0.6 is 23.7 Å². The molecule has 0 aromatic heterocycles. The molecule has 0 fully saturated rings. The van der Waals surface area contributed by atoms with Crippen LogP contribution in [-0.4, -0.2) is 16.4 Å². The molecule has 2 nitrogen and oxygen atoms in total. The maximum absolute atomic E-state index is 4.43. The summed E-state index contributed by atoms with van der Waals surface area (Å²) in [6.45, 7) is 12.7. The van der Waals surface area contributed by atoms with E-state index in [4.69, 9.17) is 0 Å². The zero-order valence-electron chi connectivity index (χ0n) is 13.5. The smallest absolute Gasteiger partial charge is 0.0424 e. The molecule has 22 heavy (non-hydrogen) atoms. The molecule has 1 aromatic carbocycles. The zero-order valence-corrected chi connectivity index (χ0v) is 15.1. The number of allylic oxidation sites excluding steroid dienone is 3. The van der Waals surface area contributed by atoms with Gasteiger partial charge in [-0.2, -0.15) is 0 Å². The molecular formula is C18H23NOS2. The normalized spacial score (nSPS) is 15.4. The average Bonchev–Trinajstić information content (AvgIpc) is 2.41. The molecule has 0 saturated heterocycles. The van der Waals surface area contributed by atoms with E-state index in [1.54, 1.807) is 23.7 Å². The van der Waals surface area contributed by atoms with Crippen LogP contribution in [0.2, 0.25) is 0 Å². The highest BCUT2D eigenvalue weighted by Gasteiger charge is 2.11. The monoisotopic (exact) mass is 333 g/mol. The van der Waals surface area contributed by atoms with Gasteiger partial charge in [-0.3, -0.25) is 0 Å². The van der Waals surface area contributed by atoms with Gasteiger partial charge in [-0.15, -0.1) is 0 Å². The lowest BCUT2D eigenvalue weighted by Crippen LogP contribution is -2.04. The van der Waals surface area contributed by atoms with Gasteiger partial charge in [0.05, 0.1) is 0 Å². The van der Waals surface area contributed by atoms with Crippen LogP contribution in [0.1, 0.15) is 38.8 Å². The summed E-state index contributed by atoms with van der Waals surface area (Å²) in [5.74, 6) is 0. The fraction of sp³-hybridized carbons (Fsp3) is 0.278. The number of hydrogen-bond donors (Lipinski definition) is 0. The topological polar surface area (TPSA) is 43.9 Å². The molecule has 0 amide bonds. The van der Waals surface area contributed by atoms with Crippen LogP contribution in [0.25, 0.3) is 4.91 Å². The first-order valence-corrected chi connectivity index (χ1v) is 8.57. The van der Waals surface area contributed by atoms with Crippen LogP contribution in [-0.2, 0) is 0 Å². The first kappa shape index (κ1) is 18.8. The molecule has 2 N–H and O–H groups in total. The van der Waals surface area contributed by atoms with Crippen LogP contribution in [0, 0.1) is 0 Å². The molecule has 1 aliphatic rings. The predicted octanol–water partition coefficient (Wildman–Crippen LogP) is 5.28. The van der Waals surface area contributed by atoms with Gasteiger partial charge in [-0.05, 0) is 73.4 Å². The van der Waals surface area contributed by atoms with Gasteiger partial charge in [0.2, 0.25) is 0 Å². The van der Waals surface area contributed by atoms with E-state index in [2.05, 4.69) is 74.4 Å². The zero-order chi connectivity index (χ0) is 15.5. The molecule has 0 atom stereocenters. The first-order valence-electron chi connectivity index (χ1n) is 6.92. The van der Waals surface area contributed by atoms with Gasteiger partial charge in [0.25, 0.3) is 0 Å². The number of hydrogen-bond acceptors (Lipinski definition) is 3. The lowest BCUT2D eigenvalue weighted by molar-refractivity contribution is 0.804.